The highest BCUT2D eigenvalue weighted by Crippen LogP contribution is 2.26. The van der Waals surface area contributed by atoms with Gasteiger partial charge in [0.15, 0.2) is 5.69 Å². The molecule has 1 aromatic heterocycles. The van der Waals surface area contributed by atoms with Gasteiger partial charge in [0.05, 0.1) is 24.8 Å². The van der Waals surface area contributed by atoms with Crippen LogP contribution in [0.5, 0.6) is 0 Å². The van der Waals surface area contributed by atoms with Crippen LogP contribution in [-0.4, -0.2) is 40.3 Å². The fourth-order valence-electron chi connectivity index (χ4n) is 3.59. The lowest BCUT2D eigenvalue weighted by atomic mass is 10.0. The largest absolute Gasteiger partial charge is 0.377 e. The molecule has 0 aliphatic carbocycles. The van der Waals surface area contributed by atoms with Crippen LogP contribution >= 0.6 is 0 Å². The van der Waals surface area contributed by atoms with E-state index < -0.39 is 17.4 Å². The molecule has 2 aromatic carbocycles. The molecular formula is C21H20FN3O3. The van der Waals surface area contributed by atoms with E-state index in [-0.39, 0.29) is 18.1 Å². The minimum absolute atomic E-state index is 0.121. The molecule has 1 fully saturated rings. The first-order valence-corrected chi connectivity index (χ1v) is 9.24. The number of rotatable bonds is 3. The van der Waals surface area contributed by atoms with Crippen molar-refractivity contribution >= 4 is 16.8 Å². The molecule has 0 spiro atoms. The van der Waals surface area contributed by atoms with Crippen LogP contribution in [-0.2, 0) is 11.3 Å². The van der Waals surface area contributed by atoms with Gasteiger partial charge in [-0.3, -0.25) is 14.3 Å². The summed E-state index contributed by atoms with van der Waals surface area (Å²) in [5, 5.41) is 4.79. The number of hydrogen-bond acceptors (Lipinski definition) is 4. The Hall–Kier alpha value is -3.06. The van der Waals surface area contributed by atoms with E-state index in [1.807, 2.05) is 19.1 Å². The van der Waals surface area contributed by atoms with Gasteiger partial charge < -0.3 is 9.64 Å². The Balaban J connectivity index is 1.79. The minimum Gasteiger partial charge on any atom is -0.377 e. The van der Waals surface area contributed by atoms with Crippen molar-refractivity contribution in [2.75, 3.05) is 19.8 Å². The van der Waals surface area contributed by atoms with Crippen LogP contribution in [0.1, 0.15) is 29.0 Å². The first-order chi connectivity index (χ1) is 13.6. The van der Waals surface area contributed by atoms with Crippen LogP contribution in [0.2, 0.25) is 0 Å². The lowest BCUT2D eigenvalue weighted by molar-refractivity contribution is -0.00326. The molecule has 1 saturated heterocycles. The highest BCUT2D eigenvalue weighted by atomic mass is 19.1. The molecule has 1 aliphatic rings. The van der Waals surface area contributed by atoms with E-state index in [0.717, 1.165) is 0 Å². The number of carbonyl (C=O) groups excluding carboxylic acids is 1. The highest BCUT2D eigenvalue weighted by molar-refractivity contribution is 5.95. The standard InChI is InChI=1S/C21H20FN3O3/c1-2-25-17-9-4-3-8-16(17)20(26)19(23-25)21(27)24-10-11-28-13-18(24)14-6-5-7-15(22)12-14/h3-9,12,18H,2,10-11,13H2,1H3. The Bertz CT molecular complexity index is 1100. The first-order valence-electron chi connectivity index (χ1n) is 9.24. The molecule has 0 saturated carbocycles. The molecule has 4 rings (SSSR count). The molecule has 2 heterocycles. The average molecular weight is 381 g/mol. The van der Waals surface area contributed by atoms with E-state index in [4.69, 9.17) is 4.74 Å². The number of ether oxygens (including phenoxy) is 1. The Kier molecular flexibility index (Phi) is 4.92. The van der Waals surface area contributed by atoms with E-state index in [9.17, 15) is 14.0 Å². The third-order valence-corrected chi connectivity index (χ3v) is 4.99. The zero-order valence-electron chi connectivity index (χ0n) is 15.5. The van der Waals surface area contributed by atoms with Crippen LogP contribution in [0, 0.1) is 5.82 Å². The molecule has 1 unspecified atom stereocenters. The number of amides is 1. The third-order valence-electron chi connectivity index (χ3n) is 4.99. The molecule has 0 bridgehead atoms. The summed E-state index contributed by atoms with van der Waals surface area (Å²) in [7, 11) is 0. The molecule has 3 aromatic rings. The second kappa shape index (κ2) is 7.52. The van der Waals surface area contributed by atoms with Crippen molar-refractivity contribution < 1.29 is 13.9 Å². The number of aromatic nitrogens is 2. The number of halogens is 1. The van der Waals surface area contributed by atoms with Gasteiger partial charge in [0.25, 0.3) is 5.91 Å². The maximum absolute atomic E-state index is 13.7. The van der Waals surface area contributed by atoms with Crippen molar-refractivity contribution in [1.82, 2.24) is 14.7 Å². The normalized spacial score (nSPS) is 17.1. The zero-order chi connectivity index (χ0) is 19.7. The summed E-state index contributed by atoms with van der Waals surface area (Å²) in [5.41, 5.74) is 0.804. The molecule has 144 valence electrons. The van der Waals surface area contributed by atoms with Gasteiger partial charge in [0.2, 0.25) is 5.43 Å². The third kappa shape index (κ3) is 3.18. The lowest BCUT2D eigenvalue weighted by Gasteiger charge is -2.35. The second-order valence-corrected chi connectivity index (χ2v) is 6.65. The molecule has 1 aliphatic heterocycles. The maximum Gasteiger partial charge on any atom is 0.279 e. The van der Waals surface area contributed by atoms with Crippen LogP contribution < -0.4 is 5.43 Å². The van der Waals surface area contributed by atoms with Crippen molar-refractivity contribution in [1.29, 1.82) is 0 Å². The van der Waals surface area contributed by atoms with E-state index >= 15 is 0 Å². The average Bonchev–Trinajstić information content (AvgIpc) is 2.74. The van der Waals surface area contributed by atoms with Crippen molar-refractivity contribution in [3.8, 4) is 0 Å². The summed E-state index contributed by atoms with van der Waals surface area (Å²) < 4.78 is 20.9. The van der Waals surface area contributed by atoms with Gasteiger partial charge in [0, 0.05) is 18.5 Å². The van der Waals surface area contributed by atoms with E-state index in [2.05, 4.69) is 5.10 Å². The van der Waals surface area contributed by atoms with Crippen molar-refractivity contribution in [3.63, 3.8) is 0 Å². The van der Waals surface area contributed by atoms with Gasteiger partial charge >= 0.3 is 0 Å². The number of para-hydroxylation sites is 1. The molecule has 1 atom stereocenters. The van der Waals surface area contributed by atoms with E-state index in [0.29, 0.717) is 36.2 Å². The fourth-order valence-corrected chi connectivity index (χ4v) is 3.59. The van der Waals surface area contributed by atoms with Gasteiger partial charge in [-0.25, -0.2) is 4.39 Å². The number of nitrogens with zero attached hydrogens (tertiary/aromatic N) is 3. The van der Waals surface area contributed by atoms with Crippen LogP contribution in [0.3, 0.4) is 0 Å². The number of morpholine rings is 1. The van der Waals surface area contributed by atoms with Crippen LogP contribution in [0.4, 0.5) is 4.39 Å². The molecule has 6 nitrogen and oxygen atoms in total. The minimum atomic E-state index is -0.473. The monoisotopic (exact) mass is 381 g/mol. The number of fused-ring (bicyclic) bond motifs is 1. The summed E-state index contributed by atoms with van der Waals surface area (Å²) in [6.45, 7) is 3.33. The van der Waals surface area contributed by atoms with Crippen LogP contribution in [0.25, 0.3) is 10.9 Å². The zero-order valence-corrected chi connectivity index (χ0v) is 15.5. The van der Waals surface area contributed by atoms with Gasteiger partial charge in [-0.1, -0.05) is 24.3 Å². The first kappa shape index (κ1) is 18.3. The lowest BCUT2D eigenvalue weighted by Crippen LogP contribution is -2.45. The summed E-state index contributed by atoms with van der Waals surface area (Å²) >= 11 is 0. The van der Waals surface area contributed by atoms with Gasteiger partial charge in [-0.15, -0.1) is 0 Å². The maximum atomic E-state index is 13.7. The predicted octanol–water partition coefficient (Wildman–Crippen LogP) is 2.77. The van der Waals surface area contributed by atoms with Crippen LogP contribution in [0.15, 0.2) is 53.3 Å². The number of carbonyl (C=O) groups is 1. The fraction of sp³-hybridized carbons (Fsp3) is 0.286. The number of aryl methyl sites for hydroxylation is 1. The summed E-state index contributed by atoms with van der Waals surface area (Å²) in [4.78, 5) is 27.8. The summed E-state index contributed by atoms with van der Waals surface area (Å²) in [6, 6.07) is 12.7. The number of benzene rings is 2. The second-order valence-electron chi connectivity index (χ2n) is 6.65. The smallest absolute Gasteiger partial charge is 0.279 e. The molecule has 28 heavy (non-hydrogen) atoms. The SMILES string of the molecule is CCn1nc(C(=O)N2CCOCC2c2cccc(F)c2)c(=O)c2ccccc21. The summed E-state index contributed by atoms with van der Waals surface area (Å²) in [6.07, 6.45) is 0. The Morgan fingerprint density at radius 2 is 2.07 bits per heavy atom. The number of hydrogen-bond donors (Lipinski definition) is 0. The molecule has 0 radical (unpaired) electrons. The molecule has 0 N–H and O–H groups in total. The predicted molar refractivity (Wildman–Crippen MR) is 103 cm³/mol. The molecular weight excluding hydrogens is 361 g/mol. The van der Waals surface area contributed by atoms with Crippen molar-refractivity contribution in [2.24, 2.45) is 0 Å². The Morgan fingerprint density at radius 3 is 2.86 bits per heavy atom. The quantitative estimate of drug-likeness (QED) is 0.700. The van der Waals surface area contributed by atoms with E-state index in [1.165, 1.54) is 12.1 Å². The molecule has 7 heteroatoms. The Labute approximate surface area is 161 Å². The Morgan fingerprint density at radius 1 is 1.25 bits per heavy atom. The van der Waals surface area contributed by atoms with E-state index in [1.54, 1.807) is 33.8 Å². The van der Waals surface area contributed by atoms with Gasteiger partial charge in [-0.05, 0) is 36.8 Å². The molecule has 1 amide bonds. The van der Waals surface area contributed by atoms with Crippen molar-refractivity contribution in [3.05, 3.63) is 75.8 Å². The van der Waals surface area contributed by atoms with Crippen molar-refractivity contribution in [2.45, 2.75) is 19.5 Å². The van der Waals surface area contributed by atoms with Gasteiger partial charge in [-0.2, -0.15) is 5.10 Å². The van der Waals surface area contributed by atoms with Gasteiger partial charge in [0.1, 0.15) is 5.82 Å². The summed E-state index contributed by atoms with van der Waals surface area (Å²) in [5.74, 6) is -0.844. The highest BCUT2D eigenvalue weighted by Gasteiger charge is 2.32. The topological polar surface area (TPSA) is 64.4 Å².